The molecule has 0 unspecified atom stereocenters. The maximum atomic E-state index is 13.8. The Hall–Kier alpha value is -2.45. The van der Waals surface area contributed by atoms with Crippen LogP contribution in [0.5, 0.6) is 0 Å². The smallest absolute Gasteiger partial charge is 0.341 e. The quantitative estimate of drug-likeness (QED) is 0.774. The van der Waals surface area contributed by atoms with E-state index in [1.165, 1.54) is 32.2 Å². The molecule has 0 atom stereocenters. The molecule has 2 amide bonds. The first-order valence-electron chi connectivity index (χ1n) is 7.00. The fraction of sp³-hybridized carbons (Fsp3) is 0.188. The number of hydrogen-bond acceptors (Lipinski definition) is 5. The number of thiophene rings is 1. The monoisotopic (exact) mass is 384 g/mol. The van der Waals surface area contributed by atoms with Gasteiger partial charge < -0.3 is 15.8 Å². The Labute approximate surface area is 151 Å². The zero-order chi connectivity index (χ0) is 18.7. The largest absolute Gasteiger partial charge is 0.465 e. The van der Waals surface area contributed by atoms with Crippen molar-refractivity contribution in [2.45, 2.75) is 13.3 Å². The maximum Gasteiger partial charge on any atom is 0.341 e. The highest BCUT2D eigenvalue weighted by Crippen LogP contribution is 2.33. The van der Waals surface area contributed by atoms with E-state index < -0.39 is 23.6 Å². The van der Waals surface area contributed by atoms with Gasteiger partial charge in [0.05, 0.1) is 24.0 Å². The van der Waals surface area contributed by atoms with E-state index >= 15 is 0 Å². The number of amides is 2. The topological polar surface area (TPSA) is 98.5 Å². The Balaban J connectivity index is 2.33. The number of carbonyl (C=O) groups is 3. The van der Waals surface area contributed by atoms with Crippen molar-refractivity contribution < 1.29 is 23.5 Å². The van der Waals surface area contributed by atoms with E-state index in [2.05, 4.69) is 10.1 Å². The van der Waals surface area contributed by atoms with Gasteiger partial charge in [0.2, 0.25) is 5.91 Å². The van der Waals surface area contributed by atoms with Crippen LogP contribution in [0.15, 0.2) is 18.2 Å². The molecule has 3 N–H and O–H groups in total. The Morgan fingerprint density at radius 1 is 1.36 bits per heavy atom. The first kappa shape index (κ1) is 18.9. The summed E-state index contributed by atoms with van der Waals surface area (Å²) in [5.74, 6) is -2.67. The molecule has 0 spiro atoms. The molecule has 9 heteroatoms. The Kier molecular flexibility index (Phi) is 5.76. The lowest BCUT2D eigenvalue weighted by Crippen LogP contribution is -2.17. The minimum Gasteiger partial charge on any atom is -0.465 e. The molecule has 1 aromatic carbocycles. The summed E-state index contributed by atoms with van der Waals surface area (Å²) in [7, 11) is 1.17. The number of halogens is 2. The lowest BCUT2D eigenvalue weighted by Gasteiger charge is -2.08. The molecule has 0 bridgehead atoms. The summed E-state index contributed by atoms with van der Waals surface area (Å²) >= 11 is 6.75. The molecule has 0 radical (unpaired) electrons. The summed E-state index contributed by atoms with van der Waals surface area (Å²) in [5.41, 5.74) is 5.65. The van der Waals surface area contributed by atoms with Gasteiger partial charge in [0.25, 0.3) is 5.91 Å². The van der Waals surface area contributed by atoms with E-state index in [1.54, 1.807) is 0 Å². The van der Waals surface area contributed by atoms with Gasteiger partial charge in [0, 0.05) is 10.6 Å². The molecular weight excluding hydrogens is 371 g/mol. The van der Waals surface area contributed by atoms with Gasteiger partial charge in [-0.25, -0.2) is 9.18 Å². The normalized spacial score (nSPS) is 10.4. The number of nitrogens with one attached hydrogen (secondary N) is 1. The summed E-state index contributed by atoms with van der Waals surface area (Å²) in [6.45, 7) is 1.52. The van der Waals surface area contributed by atoms with Crippen LogP contribution in [-0.4, -0.2) is 24.9 Å². The highest BCUT2D eigenvalue weighted by Gasteiger charge is 2.25. The van der Waals surface area contributed by atoms with E-state index in [1.807, 2.05) is 0 Å². The third-order valence-electron chi connectivity index (χ3n) is 3.41. The fourth-order valence-corrected chi connectivity index (χ4v) is 3.51. The van der Waals surface area contributed by atoms with E-state index in [9.17, 15) is 18.8 Å². The number of methoxy groups -OCH3 is 1. The van der Waals surface area contributed by atoms with Crippen molar-refractivity contribution in [2.24, 2.45) is 5.73 Å². The lowest BCUT2D eigenvalue weighted by atomic mass is 10.1. The van der Waals surface area contributed by atoms with Gasteiger partial charge in [0.1, 0.15) is 10.8 Å². The third kappa shape index (κ3) is 3.97. The van der Waals surface area contributed by atoms with Crippen molar-refractivity contribution in [1.29, 1.82) is 0 Å². The highest BCUT2D eigenvalue weighted by molar-refractivity contribution is 7.18. The van der Waals surface area contributed by atoms with Gasteiger partial charge in [-0.3, -0.25) is 9.59 Å². The van der Waals surface area contributed by atoms with Crippen molar-refractivity contribution in [1.82, 2.24) is 0 Å². The highest BCUT2D eigenvalue weighted by atomic mass is 35.5. The van der Waals surface area contributed by atoms with E-state index in [0.717, 1.165) is 11.3 Å². The average Bonchev–Trinajstić information content (AvgIpc) is 2.87. The van der Waals surface area contributed by atoms with Gasteiger partial charge in [-0.1, -0.05) is 17.7 Å². The third-order valence-corrected chi connectivity index (χ3v) is 4.99. The van der Waals surface area contributed by atoms with Crippen LogP contribution in [0.2, 0.25) is 5.02 Å². The number of benzene rings is 1. The lowest BCUT2D eigenvalue weighted by molar-refractivity contribution is -0.115. The number of anilines is 1. The SMILES string of the molecule is COC(=O)c1c(NC(=O)Cc2c(F)cccc2Cl)sc(C(N)=O)c1C. The van der Waals surface area contributed by atoms with Crippen molar-refractivity contribution in [3.8, 4) is 0 Å². The minimum atomic E-state index is -0.731. The van der Waals surface area contributed by atoms with E-state index in [-0.39, 0.29) is 32.4 Å². The van der Waals surface area contributed by atoms with Crippen LogP contribution in [0.4, 0.5) is 9.39 Å². The number of ether oxygens (including phenoxy) is 1. The van der Waals surface area contributed by atoms with Crippen molar-refractivity contribution in [2.75, 3.05) is 12.4 Å². The Morgan fingerprint density at radius 3 is 2.60 bits per heavy atom. The molecular formula is C16H14ClFN2O4S. The summed E-state index contributed by atoms with van der Waals surface area (Å²) in [6.07, 6.45) is -0.338. The molecule has 0 aliphatic heterocycles. The summed E-state index contributed by atoms with van der Waals surface area (Å²) in [6, 6.07) is 4.08. The standard InChI is InChI=1S/C16H14ClFN2O4S/c1-7-12(16(23)24-2)15(25-13(7)14(19)22)20-11(21)6-8-9(17)4-3-5-10(8)18/h3-5H,6H2,1-2H3,(H2,19,22)(H,20,21). The number of esters is 1. The molecule has 25 heavy (non-hydrogen) atoms. The predicted octanol–water partition coefficient (Wildman–Crippen LogP) is 2.92. The van der Waals surface area contributed by atoms with Crippen LogP contribution < -0.4 is 11.1 Å². The predicted molar refractivity (Wildman–Crippen MR) is 92.7 cm³/mol. The van der Waals surface area contributed by atoms with Crippen LogP contribution in [0.25, 0.3) is 0 Å². The molecule has 0 saturated carbocycles. The minimum absolute atomic E-state index is 0.0321. The molecule has 0 aliphatic carbocycles. The van der Waals surface area contributed by atoms with Gasteiger partial charge in [-0.2, -0.15) is 0 Å². The van der Waals surface area contributed by atoms with Gasteiger partial charge in [-0.05, 0) is 24.6 Å². The molecule has 0 fully saturated rings. The fourth-order valence-electron chi connectivity index (χ4n) is 2.22. The summed E-state index contributed by atoms with van der Waals surface area (Å²) < 4.78 is 18.5. The van der Waals surface area contributed by atoms with Gasteiger partial charge >= 0.3 is 5.97 Å². The van der Waals surface area contributed by atoms with Crippen molar-refractivity contribution >= 4 is 45.7 Å². The summed E-state index contributed by atoms with van der Waals surface area (Å²) in [4.78, 5) is 35.8. The molecule has 2 aromatic rings. The number of primary amides is 1. The average molecular weight is 385 g/mol. The van der Waals surface area contributed by atoms with Crippen molar-refractivity contribution in [3.05, 3.63) is 50.6 Å². The van der Waals surface area contributed by atoms with Crippen LogP contribution in [0.1, 0.15) is 31.2 Å². The molecule has 132 valence electrons. The van der Waals surface area contributed by atoms with Crippen LogP contribution in [0, 0.1) is 12.7 Å². The van der Waals surface area contributed by atoms with E-state index in [0.29, 0.717) is 5.56 Å². The Bertz CT molecular complexity index is 846. The maximum absolute atomic E-state index is 13.8. The van der Waals surface area contributed by atoms with E-state index in [4.69, 9.17) is 17.3 Å². The second-order valence-corrected chi connectivity index (χ2v) is 6.47. The van der Waals surface area contributed by atoms with Crippen molar-refractivity contribution in [3.63, 3.8) is 0 Å². The summed E-state index contributed by atoms with van der Waals surface area (Å²) in [5, 5.41) is 2.71. The molecule has 0 saturated heterocycles. The number of hydrogen-bond donors (Lipinski definition) is 2. The Morgan fingerprint density at radius 2 is 2.04 bits per heavy atom. The van der Waals surface area contributed by atoms with Gasteiger partial charge in [0.15, 0.2) is 0 Å². The zero-order valence-electron chi connectivity index (χ0n) is 13.3. The second kappa shape index (κ2) is 7.62. The molecule has 0 aliphatic rings. The van der Waals surface area contributed by atoms with Crippen LogP contribution in [-0.2, 0) is 16.0 Å². The molecule has 1 aromatic heterocycles. The molecule has 2 rings (SSSR count). The van der Waals surface area contributed by atoms with Crippen LogP contribution in [0.3, 0.4) is 0 Å². The van der Waals surface area contributed by atoms with Crippen LogP contribution >= 0.6 is 22.9 Å². The molecule has 6 nitrogen and oxygen atoms in total. The van der Waals surface area contributed by atoms with Gasteiger partial charge in [-0.15, -0.1) is 11.3 Å². The number of nitrogens with two attached hydrogens (primary N) is 1. The second-order valence-electron chi connectivity index (χ2n) is 5.04. The molecule has 1 heterocycles. The first-order valence-corrected chi connectivity index (χ1v) is 8.20. The zero-order valence-corrected chi connectivity index (χ0v) is 14.9. The number of rotatable bonds is 5. The first-order chi connectivity index (χ1) is 11.8. The number of carbonyl (C=O) groups excluding carboxylic acids is 3.